The first-order chi connectivity index (χ1) is 9.56. The molecule has 1 aromatic carbocycles. The molecule has 0 bridgehead atoms. The van der Waals surface area contributed by atoms with Crippen LogP contribution in [0.5, 0.6) is 0 Å². The van der Waals surface area contributed by atoms with E-state index in [-0.39, 0.29) is 6.42 Å². The fourth-order valence-electron chi connectivity index (χ4n) is 1.61. The van der Waals surface area contributed by atoms with Crippen LogP contribution in [0.15, 0.2) is 18.2 Å². The minimum absolute atomic E-state index is 0.130. The maximum Gasteiger partial charge on any atom is 0.408 e. The lowest BCUT2D eigenvalue weighted by Crippen LogP contribution is -2.44. The summed E-state index contributed by atoms with van der Waals surface area (Å²) in [5.74, 6) is -1.13. The van der Waals surface area contributed by atoms with Gasteiger partial charge >= 0.3 is 12.1 Å². The number of carbonyl (C=O) groups is 2. The van der Waals surface area contributed by atoms with Crippen molar-refractivity contribution in [2.24, 2.45) is 0 Å². The van der Waals surface area contributed by atoms with E-state index in [1.807, 2.05) is 6.07 Å². The van der Waals surface area contributed by atoms with Crippen molar-refractivity contribution < 1.29 is 19.4 Å². The van der Waals surface area contributed by atoms with Crippen molar-refractivity contribution in [3.05, 3.63) is 32.4 Å². The molecule has 116 valence electrons. The number of hydrogen-bond donors (Lipinski definition) is 2. The third kappa shape index (κ3) is 6.99. The second kappa shape index (κ2) is 7.31. The number of carboxylic acid groups (broad SMARTS) is 1. The fourth-order valence-corrected chi connectivity index (χ4v) is 2.79. The maximum atomic E-state index is 11.7. The number of aliphatic carboxylic acids is 1. The molecule has 0 heterocycles. The van der Waals surface area contributed by atoms with Crippen molar-refractivity contribution in [3.63, 3.8) is 0 Å². The van der Waals surface area contributed by atoms with E-state index in [0.29, 0.717) is 5.02 Å². The Labute approximate surface area is 142 Å². The molecule has 21 heavy (non-hydrogen) atoms. The standard InChI is InChI=1S/C14H17ClINO4/c1-14(2,3)21-13(20)17-11(12(18)19)6-8-4-9(15)7-10(16)5-8/h4-5,7,11H,6H2,1-3H3,(H,17,20)(H,18,19). The summed E-state index contributed by atoms with van der Waals surface area (Å²) in [5, 5.41) is 12.1. The van der Waals surface area contributed by atoms with E-state index in [9.17, 15) is 14.7 Å². The predicted octanol–water partition coefficient (Wildman–Crippen LogP) is 3.47. The van der Waals surface area contributed by atoms with Gasteiger partial charge in [-0.25, -0.2) is 9.59 Å². The molecule has 7 heteroatoms. The van der Waals surface area contributed by atoms with E-state index >= 15 is 0 Å². The molecule has 5 nitrogen and oxygen atoms in total. The van der Waals surface area contributed by atoms with Gasteiger partial charge in [-0.2, -0.15) is 0 Å². The smallest absolute Gasteiger partial charge is 0.408 e. The largest absolute Gasteiger partial charge is 0.480 e. The molecule has 0 fully saturated rings. The van der Waals surface area contributed by atoms with Crippen LogP contribution in [-0.2, 0) is 16.0 Å². The molecule has 0 saturated carbocycles. The minimum Gasteiger partial charge on any atom is -0.480 e. The highest BCUT2D eigenvalue weighted by Crippen LogP contribution is 2.18. The summed E-state index contributed by atoms with van der Waals surface area (Å²) in [5.41, 5.74) is 0.0498. The summed E-state index contributed by atoms with van der Waals surface area (Å²) in [6.07, 6.45) is -0.628. The predicted molar refractivity (Wildman–Crippen MR) is 88.7 cm³/mol. The molecule has 2 N–H and O–H groups in total. The summed E-state index contributed by atoms with van der Waals surface area (Å²) in [7, 11) is 0. The van der Waals surface area contributed by atoms with Crippen LogP contribution in [-0.4, -0.2) is 28.8 Å². The molecule has 1 rings (SSSR count). The van der Waals surface area contributed by atoms with Crippen LogP contribution in [0.1, 0.15) is 26.3 Å². The monoisotopic (exact) mass is 425 g/mol. The number of carbonyl (C=O) groups excluding carboxylic acids is 1. The Kier molecular flexibility index (Phi) is 6.27. The molecule has 0 aliphatic heterocycles. The Hall–Kier alpha value is -1.02. The van der Waals surface area contributed by atoms with Gasteiger partial charge in [0, 0.05) is 15.0 Å². The number of hydrogen-bond acceptors (Lipinski definition) is 3. The highest BCUT2D eigenvalue weighted by molar-refractivity contribution is 14.1. The molecule has 1 amide bonds. The highest BCUT2D eigenvalue weighted by atomic mass is 127. The van der Waals surface area contributed by atoms with E-state index in [0.717, 1.165) is 9.13 Å². The number of nitrogens with one attached hydrogen (secondary N) is 1. The molecule has 1 unspecified atom stereocenters. The van der Waals surface area contributed by atoms with Gasteiger partial charge in [-0.1, -0.05) is 11.6 Å². The van der Waals surface area contributed by atoms with Gasteiger partial charge in [0.05, 0.1) is 0 Å². The Morgan fingerprint density at radius 2 is 2.00 bits per heavy atom. The molecule has 1 aromatic rings. The number of alkyl carbamates (subject to hydrolysis) is 1. The van der Waals surface area contributed by atoms with Gasteiger partial charge in [-0.3, -0.25) is 0 Å². The lowest BCUT2D eigenvalue weighted by Gasteiger charge is -2.22. The Morgan fingerprint density at radius 1 is 1.38 bits per heavy atom. The molecule has 0 spiro atoms. The number of halogens is 2. The van der Waals surface area contributed by atoms with Crippen LogP contribution in [0.3, 0.4) is 0 Å². The molecule has 0 aliphatic carbocycles. The number of rotatable bonds is 4. The molecular weight excluding hydrogens is 409 g/mol. The van der Waals surface area contributed by atoms with E-state index in [4.69, 9.17) is 16.3 Å². The van der Waals surface area contributed by atoms with E-state index in [1.54, 1.807) is 32.9 Å². The summed E-state index contributed by atoms with van der Waals surface area (Å²) in [6, 6.07) is 4.19. The van der Waals surface area contributed by atoms with Crippen molar-refractivity contribution >= 4 is 46.3 Å². The van der Waals surface area contributed by atoms with Gasteiger partial charge in [0.15, 0.2) is 0 Å². The average molecular weight is 426 g/mol. The molecule has 0 radical (unpaired) electrons. The molecule has 0 aromatic heterocycles. The number of benzene rings is 1. The zero-order valence-electron chi connectivity index (χ0n) is 11.9. The van der Waals surface area contributed by atoms with Crippen molar-refractivity contribution in [3.8, 4) is 0 Å². The zero-order chi connectivity index (χ0) is 16.2. The molecule has 0 saturated heterocycles. The van der Waals surface area contributed by atoms with Crippen molar-refractivity contribution in [2.75, 3.05) is 0 Å². The van der Waals surface area contributed by atoms with Gasteiger partial charge in [0.25, 0.3) is 0 Å². The van der Waals surface area contributed by atoms with Crippen molar-refractivity contribution in [2.45, 2.75) is 38.8 Å². The SMILES string of the molecule is CC(C)(C)OC(=O)NC(Cc1cc(Cl)cc(I)c1)C(=O)O. The quantitative estimate of drug-likeness (QED) is 0.725. The van der Waals surface area contributed by atoms with Crippen LogP contribution in [0, 0.1) is 3.57 Å². The van der Waals surface area contributed by atoms with E-state index in [2.05, 4.69) is 27.9 Å². The maximum absolute atomic E-state index is 11.7. The third-order valence-electron chi connectivity index (χ3n) is 2.35. The second-order valence-corrected chi connectivity index (χ2v) is 7.20. The van der Waals surface area contributed by atoms with Crippen LogP contribution >= 0.6 is 34.2 Å². The van der Waals surface area contributed by atoms with E-state index in [1.165, 1.54) is 0 Å². The first-order valence-electron chi connectivity index (χ1n) is 6.24. The summed E-state index contributed by atoms with van der Waals surface area (Å²) in [4.78, 5) is 22.9. The van der Waals surface area contributed by atoms with Gasteiger partial charge in [0.2, 0.25) is 0 Å². The summed E-state index contributed by atoms with van der Waals surface area (Å²) in [6.45, 7) is 5.13. The Balaban J connectivity index is 2.78. The van der Waals surface area contributed by atoms with Crippen LogP contribution < -0.4 is 5.32 Å². The summed E-state index contributed by atoms with van der Waals surface area (Å²) < 4.78 is 5.96. The van der Waals surface area contributed by atoms with Crippen LogP contribution in [0.2, 0.25) is 5.02 Å². The molecular formula is C14H17ClINO4. The van der Waals surface area contributed by atoms with Gasteiger partial charge in [0.1, 0.15) is 11.6 Å². The van der Waals surface area contributed by atoms with Crippen LogP contribution in [0.4, 0.5) is 4.79 Å². The van der Waals surface area contributed by atoms with Crippen molar-refractivity contribution in [1.82, 2.24) is 5.32 Å². The van der Waals surface area contributed by atoms with Gasteiger partial charge in [-0.15, -0.1) is 0 Å². The highest BCUT2D eigenvalue weighted by Gasteiger charge is 2.24. The minimum atomic E-state index is -1.13. The Bertz CT molecular complexity index is 522. The van der Waals surface area contributed by atoms with Crippen molar-refractivity contribution in [1.29, 1.82) is 0 Å². The van der Waals surface area contributed by atoms with E-state index < -0.39 is 23.7 Å². The number of carboxylic acids is 1. The van der Waals surface area contributed by atoms with Gasteiger partial charge in [-0.05, 0) is 67.1 Å². The van der Waals surface area contributed by atoms with Gasteiger partial charge < -0.3 is 15.2 Å². The summed E-state index contributed by atoms with van der Waals surface area (Å²) >= 11 is 8.04. The second-order valence-electron chi connectivity index (χ2n) is 5.52. The molecule has 0 aliphatic rings. The van der Waals surface area contributed by atoms with Crippen LogP contribution in [0.25, 0.3) is 0 Å². The average Bonchev–Trinajstić information content (AvgIpc) is 2.23. The number of ether oxygens (including phenoxy) is 1. The third-order valence-corrected chi connectivity index (χ3v) is 3.19. The lowest BCUT2D eigenvalue weighted by atomic mass is 10.1. The first-order valence-corrected chi connectivity index (χ1v) is 7.70. The lowest BCUT2D eigenvalue weighted by molar-refractivity contribution is -0.139. The first kappa shape index (κ1) is 18.0. The topological polar surface area (TPSA) is 75.6 Å². The zero-order valence-corrected chi connectivity index (χ0v) is 14.9. The number of amides is 1. The molecule has 1 atom stereocenters. The normalized spacial score (nSPS) is 12.6. The fraction of sp³-hybridized carbons (Fsp3) is 0.429. The Morgan fingerprint density at radius 3 is 2.48 bits per heavy atom.